The molecule has 0 aliphatic rings. The summed E-state index contributed by atoms with van der Waals surface area (Å²) < 4.78 is 4.49. The van der Waals surface area contributed by atoms with E-state index in [0.717, 1.165) is 38.8 Å². The third-order valence-electron chi connectivity index (χ3n) is 3.40. The molecule has 0 fully saturated rings. The first kappa shape index (κ1) is 16.2. The Morgan fingerprint density at radius 3 is 2.11 bits per heavy atom. The van der Waals surface area contributed by atoms with Crippen LogP contribution in [-0.2, 0) is 13.1 Å². The zero-order valence-electron chi connectivity index (χ0n) is 12.0. The summed E-state index contributed by atoms with van der Waals surface area (Å²) in [4.78, 5) is 0. The second-order valence-corrected chi connectivity index (χ2v) is 5.16. The van der Waals surface area contributed by atoms with Crippen molar-refractivity contribution in [1.82, 2.24) is 4.57 Å². The van der Waals surface area contributed by atoms with Crippen LogP contribution in [0, 0.1) is 0 Å². The Hall–Kier alpha value is -0.870. The lowest BCUT2D eigenvalue weighted by atomic mass is 10.2. The minimum absolute atomic E-state index is 0.319. The minimum Gasteiger partial charge on any atom is -0.396 e. The number of hydrogen-bond donors (Lipinski definition) is 2. The molecule has 1 aromatic heterocycles. The third-order valence-corrected chi connectivity index (χ3v) is 3.40. The van der Waals surface area contributed by atoms with Gasteiger partial charge in [0.2, 0.25) is 6.33 Å². The molecule has 19 heavy (non-hydrogen) atoms. The Morgan fingerprint density at radius 2 is 1.42 bits per heavy atom. The lowest BCUT2D eigenvalue weighted by Crippen LogP contribution is -2.30. The molecular weight excluding hydrogens is 240 g/mol. The second kappa shape index (κ2) is 11.0. The number of unbranched alkanes of at least 4 members (excludes halogenated alkanes) is 6. The van der Waals surface area contributed by atoms with Crippen LogP contribution in [0.3, 0.4) is 0 Å². The molecule has 2 N–H and O–H groups in total. The predicted molar refractivity (Wildman–Crippen MR) is 75.7 cm³/mol. The van der Waals surface area contributed by atoms with Gasteiger partial charge < -0.3 is 10.2 Å². The second-order valence-electron chi connectivity index (χ2n) is 5.16. The van der Waals surface area contributed by atoms with Gasteiger partial charge in [0.1, 0.15) is 12.4 Å². The molecule has 0 bridgehead atoms. The number of aliphatic hydroxyl groups is 2. The molecule has 0 amide bonds. The standard InChI is InChI=1S/C15H29N2O2/c18-13-7-3-1-5-9-16-11-12-17(15-16)10-6-2-4-8-14-19/h11-12,15,18-19H,1-10,13-14H2/q+1. The van der Waals surface area contributed by atoms with Crippen molar-refractivity contribution in [2.75, 3.05) is 13.2 Å². The molecule has 0 spiro atoms. The lowest BCUT2D eigenvalue weighted by Gasteiger charge is -1.98. The Bertz CT molecular complexity index is 284. The van der Waals surface area contributed by atoms with Crippen LogP contribution in [0.4, 0.5) is 0 Å². The molecule has 0 radical (unpaired) electrons. The molecule has 1 rings (SSSR count). The number of imidazole rings is 1. The van der Waals surface area contributed by atoms with Crippen molar-refractivity contribution in [1.29, 1.82) is 0 Å². The summed E-state index contributed by atoms with van der Waals surface area (Å²) >= 11 is 0. The highest BCUT2D eigenvalue weighted by molar-refractivity contribution is 4.66. The summed E-state index contributed by atoms with van der Waals surface area (Å²) in [6.45, 7) is 2.78. The van der Waals surface area contributed by atoms with Crippen molar-refractivity contribution in [2.45, 2.75) is 64.5 Å². The molecule has 0 aliphatic heterocycles. The molecule has 0 saturated carbocycles. The van der Waals surface area contributed by atoms with E-state index in [2.05, 4.69) is 27.9 Å². The van der Waals surface area contributed by atoms with Crippen LogP contribution in [0.15, 0.2) is 18.7 Å². The van der Waals surface area contributed by atoms with Crippen molar-refractivity contribution >= 4 is 0 Å². The number of aryl methyl sites for hydroxylation is 2. The van der Waals surface area contributed by atoms with E-state index in [9.17, 15) is 0 Å². The smallest absolute Gasteiger partial charge is 0.243 e. The normalized spacial score (nSPS) is 11.1. The Balaban J connectivity index is 2.07. The Morgan fingerprint density at radius 1 is 0.789 bits per heavy atom. The van der Waals surface area contributed by atoms with E-state index in [-0.39, 0.29) is 0 Å². The quantitative estimate of drug-likeness (QED) is 0.449. The predicted octanol–water partition coefficient (Wildman–Crippen LogP) is 1.88. The van der Waals surface area contributed by atoms with E-state index < -0.39 is 0 Å². The van der Waals surface area contributed by atoms with Crippen LogP contribution in [0.1, 0.15) is 51.4 Å². The van der Waals surface area contributed by atoms with Gasteiger partial charge in [-0.1, -0.05) is 12.8 Å². The summed E-state index contributed by atoms with van der Waals surface area (Å²) in [5.41, 5.74) is 0. The van der Waals surface area contributed by atoms with Crippen LogP contribution < -0.4 is 4.57 Å². The van der Waals surface area contributed by atoms with Gasteiger partial charge in [0.05, 0.1) is 13.1 Å². The number of nitrogens with zero attached hydrogens (tertiary/aromatic N) is 2. The van der Waals surface area contributed by atoms with Crippen molar-refractivity contribution in [3.05, 3.63) is 18.7 Å². The van der Waals surface area contributed by atoms with Crippen molar-refractivity contribution in [3.63, 3.8) is 0 Å². The van der Waals surface area contributed by atoms with Gasteiger partial charge in [0, 0.05) is 13.2 Å². The molecule has 4 heteroatoms. The van der Waals surface area contributed by atoms with Gasteiger partial charge in [0.15, 0.2) is 0 Å². The lowest BCUT2D eigenvalue weighted by molar-refractivity contribution is -0.696. The SMILES string of the molecule is OCCCCCCn1cc[n+](CCCCCCO)c1. The first-order valence-electron chi connectivity index (χ1n) is 7.63. The third kappa shape index (κ3) is 8.01. The van der Waals surface area contributed by atoms with E-state index in [1.165, 1.54) is 25.7 Å². The first-order valence-corrected chi connectivity index (χ1v) is 7.63. The fraction of sp³-hybridized carbons (Fsp3) is 0.800. The monoisotopic (exact) mass is 269 g/mol. The number of aliphatic hydroxyl groups excluding tert-OH is 2. The van der Waals surface area contributed by atoms with Crippen molar-refractivity contribution in [3.8, 4) is 0 Å². The number of rotatable bonds is 12. The van der Waals surface area contributed by atoms with Crippen LogP contribution in [-0.4, -0.2) is 28.0 Å². The fourth-order valence-corrected chi connectivity index (χ4v) is 2.22. The molecule has 1 heterocycles. The first-order chi connectivity index (χ1) is 9.36. The average Bonchev–Trinajstić information content (AvgIpc) is 2.86. The summed E-state index contributed by atoms with van der Waals surface area (Å²) in [7, 11) is 0. The van der Waals surface area contributed by atoms with Crippen molar-refractivity contribution < 1.29 is 14.8 Å². The van der Waals surface area contributed by atoms with Gasteiger partial charge in [-0.3, -0.25) is 0 Å². The molecule has 0 saturated heterocycles. The zero-order valence-corrected chi connectivity index (χ0v) is 12.0. The minimum atomic E-state index is 0.319. The maximum atomic E-state index is 8.70. The Kier molecular flexibility index (Phi) is 9.37. The maximum absolute atomic E-state index is 8.70. The highest BCUT2D eigenvalue weighted by atomic mass is 16.3. The summed E-state index contributed by atoms with van der Waals surface area (Å²) in [5.74, 6) is 0. The highest BCUT2D eigenvalue weighted by Gasteiger charge is 2.03. The van der Waals surface area contributed by atoms with Gasteiger partial charge in [0.25, 0.3) is 0 Å². The topological polar surface area (TPSA) is 49.3 Å². The van der Waals surface area contributed by atoms with Gasteiger partial charge in [-0.2, -0.15) is 0 Å². The highest BCUT2D eigenvalue weighted by Crippen LogP contribution is 2.02. The van der Waals surface area contributed by atoms with E-state index in [1.54, 1.807) is 0 Å². The largest absolute Gasteiger partial charge is 0.396 e. The summed E-state index contributed by atoms with van der Waals surface area (Å²) in [5, 5.41) is 17.4. The van der Waals surface area contributed by atoms with E-state index >= 15 is 0 Å². The molecule has 1 aromatic rings. The number of hydrogen-bond acceptors (Lipinski definition) is 2. The molecule has 0 aliphatic carbocycles. The van der Waals surface area contributed by atoms with Gasteiger partial charge in [-0.15, -0.1) is 0 Å². The van der Waals surface area contributed by atoms with E-state index in [1.807, 2.05) is 0 Å². The average molecular weight is 269 g/mol. The summed E-state index contributed by atoms with van der Waals surface area (Å²) in [6, 6.07) is 0. The molecule has 4 nitrogen and oxygen atoms in total. The molecule has 0 aromatic carbocycles. The zero-order chi connectivity index (χ0) is 13.8. The van der Waals surface area contributed by atoms with E-state index in [4.69, 9.17) is 10.2 Å². The van der Waals surface area contributed by atoms with Crippen LogP contribution >= 0.6 is 0 Å². The molecule has 0 unspecified atom stereocenters. The van der Waals surface area contributed by atoms with Gasteiger partial charge in [-0.05, 0) is 38.5 Å². The van der Waals surface area contributed by atoms with Gasteiger partial charge >= 0.3 is 0 Å². The van der Waals surface area contributed by atoms with E-state index in [0.29, 0.717) is 13.2 Å². The maximum Gasteiger partial charge on any atom is 0.243 e. The number of aromatic nitrogens is 2. The van der Waals surface area contributed by atoms with Crippen LogP contribution in [0.5, 0.6) is 0 Å². The van der Waals surface area contributed by atoms with Crippen LogP contribution in [0.25, 0.3) is 0 Å². The summed E-state index contributed by atoms with van der Waals surface area (Å²) in [6.07, 6.45) is 15.3. The molecule has 0 atom stereocenters. The fourth-order valence-electron chi connectivity index (χ4n) is 2.22. The van der Waals surface area contributed by atoms with Crippen LogP contribution in [0.2, 0.25) is 0 Å². The van der Waals surface area contributed by atoms with Crippen molar-refractivity contribution in [2.24, 2.45) is 0 Å². The molecule has 110 valence electrons. The molecular formula is C15H29N2O2+. The Labute approximate surface area is 116 Å². The van der Waals surface area contributed by atoms with Gasteiger partial charge in [-0.25, -0.2) is 9.13 Å².